The Kier molecular flexibility index (Phi) is 4.78. The second-order valence-electron chi connectivity index (χ2n) is 3.05. The van der Waals surface area contributed by atoms with Gasteiger partial charge in [-0.1, -0.05) is 15.9 Å². The molecule has 6 heteroatoms. The summed E-state index contributed by atoms with van der Waals surface area (Å²) in [6.07, 6.45) is 0. The first-order valence-corrected chi connectivity index (χ1v) is 5.46. The lowest BCUT2D eigenvalue weighted by Crippen LogP contribution is -2.37. The Morgan fingerprint density at radius 3 is 2.25 bits per heavy atom. The van der Waals surface area contributed by atoms with Gasteiger partial charge in [-0.05, 0) is 24.3 Å². The van der Waals surface area contributed by atoms with Crippen LogP contribution < -0.4 is 16.4 Å². The lowest BCUT2D eigenvalue weighted by molar-refractivity contribution is 0.0954. The van der Waals surface area contributed by atoms with Crippen molar-refractivity contribution in [3.63, 3.8) is 0 Å². The van der Waals surface area contributed by atoms with Crippen LogP contribution in [0.1, 0.15) is 10.4 Å². The van der Waals surface area contributed by atoms with Crippen LogP contribution in [0.25, 0.3) is 0 Å². The molecule has 4 N–H and O–H groups in total. The normalized spacial score (nSPS) is 9.56. The molecule has 1 aromatic rings. The highest BCUT2D eigenvalue weighted by atomic mass is 79.9. The summed E-state index contributed by atoms with van der Waals surface area (Å²) in [5, 5.41) is 5.03. The van der Waals surface area contributed by atoms with Crippen molar-refractivity contribution >= 4 is 27.9 Å². The number of nitrogens with one attached hydrogen (secondary N) is 2. The number of benzene rings is 1. The van der Waals surface area contributed by atoms with Crippen molar-refractivity contribution in [3.8, 4) is 0 Å². The molecule has 1 aromatic carbocycles. The van der Waals surface area contributed by atoms with Gasteiger partial charge in [-0.15, -0.1) is 0 Å². The summed E-state index contributed by atoms with van der Waals surface area (Å²) in [5.41, 5.74) is 5.44. The fraction of sp³-hybridized carbons (Fsp3) is 0.200. The molecule has 0 spiro atoms. The number of urea groups is 1. The van der Waals surface area contributed by atoms with Crippen LogP contribution in [-0.4, -0.2) is 25.0 Å². The third-order valence-electron chi connectivity index (χ3n) is 1.82. The van der Waals surface area contributed by atoms with Gasteiger partial charge in [-0.3, -0.25) is 4.79 Å². The first-order chi connectivity index (χ1) is 7.59. The predicted molar refractivity (Wildman–Crippen MR) is 64.1 cm³/mol. The minimum absolute atomic E-state index is 0.182. The highest BCUT2D eigenvalue weighted by molar-refractivity contribution is 9.10. The van der Waals surface area contributed by atoms with Gasteiger partial charge in [0.2, 0.25) is 0 Å². The van der Waals surface area contributed by atoms with E-state index in [4.69, 9.17) is 5.73 Å². The first-order valence-electron chi connectivity index (χ1n) is 4.66. The van der Waals surface area contributed by atoms with Crippen LogP contribution >= 0.6 is 15.9 Å². The van der Waals surface area contributed by atoms with Gasteiger partial charge in [0.25, 0.3) is 5.91 Å². The SMILES string of the molecule is NC(=O)NCCNC(=O)c1ccc(Br)cc1. The zero-order chi connectivity index (χ0) is 12.0. The second kappa shape index (κ2) is 6.12. The van der Waals surface area contributed by atoms with Gasteiger partial charge in [0, 0.05) is 23.1 Å². The maximum Gasteiger partial charge on any atom is 0.312 e. The zero-order valence-electron chi connectivity index (χ0n) is 8.50. The second-order valence-corrected chi connectivity index (χ2v) is 3.97. The lowest BCUT2D eigenvalue weighted by Gasteiger charge is -2.05. The van der Waals surface area contributed by atoms with E-state index in [1.807, 2.05) is 0 Å². The average Bonchev–Trinajstić information content (AvgIpc) is 2.25. The quantitative estimate of drug-likeness (QED) is 0.717. The molecule has 0 saturated carbocycles. The van der Waals surface area contributed by atoms with E-state index < -0.39 is 6.03 Å². The predicted octanol–water partition coefficient (Wildman–Crippen LogP) is 0.847. The molecular formula is C10H12BrN3O2. The topological polar surface area (TPSA) is 84.2 Å². The molecule has 86 valence electrons. The fourth-order valence-corrected chi connectivity index (χ4v) is 1.33. The van der Waals surface area contributed by atoms with Crippen LogP contribution in [0.3, 0.4) is 0 Å². The maximum atomic E-state index is 11.5. The van der Waals surface area contributed by atoms with Crippen molar-refractivity contribution in [3.05, 3.63) is 34.3 Å². The maximum absolute atomic E-state index is 11.5. The van der Waals surface area contributed by atoms with Crippen LogP contribution in [0, 0.1) is 0 Å². The van der Waals surface area contributed by atoms with Crippen molar-refractivity contribution in [2.75, 3.05) is 13.1 Å². The van der Waals surface area contributed by atoms with Crippen molar-refractivity contribution in [2.45, 2.75) is 0 Å². The Bertz CT molecular complexity index is 378. The van der Waals surface area contributed by atoms with Crippen molar-refractivity contribution < 1.29 is 9.59 Å². The van der Waals surface area contributed by atoms with Crippen LogP contribution in [0.2, 0.25) is 0 Å². The molecule has 0 unspecified atom stereocenters. The molecule has 0 fully saturated rings. The van der Waals surface area contributed by atoms with E-state index in [0.717, 1.165) is 4.47 Å². The number of nitrogens with two attached hydrogens (primary N) is 1. The number of amides is 3. The van der Waals surface area contributed by atoms with Gasteiger partial charge >= 0.3 is 6.03 Å². The molecular weight excluding hydrogens is 274 g/mol. The Balaban J connectivity index is 2.35. The number of primary amides is 1. The molecule has 0 aliphatic heterocycles. The Labute approximate surface area is 102 Å². The van der Waals surface area contributed by atoms with E-state index in [2.05, 4.69) is 26.6 Å². The van der Waals surface area contributed by atoms with Crippen LogP contribution in [0.15, 0.2) is 28.7 Å². The van der Waals surface area contributed by atoms with Crippen LogP contribution in [-0.2, 0) is 0 Å². The Morgan fingerprint density at radius 2 is 1.69 bits per heavy atom. The highest BCUT2D eigenvalue weighted by Gasteiger charge is 2.03. The summed E-state index contributed by atoms with van der Waals surface area (Å²) >= 11 is 3.28. The van der Waals surface area contributed by atoms with Crippen molar-refractivity contribution in [1.29, 1.82) is 0 Å². The van der Waals surface area contributed by atoms with Gasteiger partial charge in [0.15, 0.2) is 0 Å². The smallest absolute Gasteiger partial charge is 0.312 e. The van der Waals surface area contributed by atoms with Crippen molar-refractivity contribution in [1.82, 2.24) is 10.6 Å². The number of carbonyl (C=O) groups excluding carboxylic acids is 2. The molecule has 0 atom stereocenters. The molecule has 0 radical (unpaired) electrons. The van der Waals surface area contributed by atoms with Crippen LogP contribution in [0.5, 0.6) is 0 Å². The lowest BCUT2D eigenvalue weighted by atomic mass is 10.2. The van der Waals surface area contributed by atoms with E-state index in [0.29, 0.717) is 18.7 Å². The standard InChI is InChI=1S/C10H12BrN3O2/c11-8-3-1-7(2-4-8)9(15)13-5-6-14-10(12)16/h1-4H,5-6H2,(H,13,15)(H3,12,14,16). The summed E-state index contributed by atoms with van der Waals surface area (Å²) in [4.78, 5) is 21.9. The number of carbonyl (C=O) groups is 2. The minimum atomic E-state index is -0.599. The van der Waals surface area contributed by atoms with Gasteiger partial charge < -0.3 is 16.4 Å². The third kappa shape index (κ3) is 4.31. The summed E-state index contributed by atoms with van der Waals surface area (Å²) in [5.74, 6) is -0.182. The van der Waals surface area contributed by atoms with E-state index in [-0.39, 0.29) is 5.91 Å². The van der Waals surface area contributed by atoms with Gasteiger partial charge in [-0.25, -0.2) is 4.79 Å². The number of hydrogen-bond donors (Lipinski definition) is 3. The Hall–Kier alpha value is -1.56. The zero-order valence-corrected chi connectivity index (χ0v) is 10.1. The van der Waals surface area contributed by atoms with Gasteiger partial charge in [0.1, 0.15) is 0 Å². The monoisotopic (exact) mass is 285 g/mol. The summed E-state index contributed by atoms with van der Waals surface area (Å²) < 4.78 is 0.916. The summed E-state index contributed by atoms with van der Waals surface area (Å²) in [6, 6.07) is 6.40. The van der Waals surface area contributed by atoms with Crippen LogP contribution in [0.4, 0.5) is 4.79 Å². The summed E-state index contributed by atoms with van der Waals surface area (Å²) in [6.45, 7) is 0.662. The van der Waals surface area contributed by atoms with Gasteiger partial charge in [-0.2, -0.15) is 0 Å². The van der Waals surface area contributed by atoms with E-state index in [9.17, 15) is 9.59 Å². The largest absolute Gasteiger partial charge is 0.352 e. The number of halogens is 1. The summed E-state index contributed by atoms with van der Waals surface area (Å²) in [7, 11) is 0. The molecule has 3 amide bonds. The Morgan fingerprint density at radius 1 is 1.12 bits per heavy atom. The highest BCUT2D eigenvalue weighted by Crippen LogP contribution is 2.10. The molecule has 16 heavy (non-hydrogen) atoms. The number of hydrogen-bond acceptors (Lipinski definition) is 2. The molecule has 0 aromatic heterocycles. The molecule has 1 rings (SSSR count). The molecule has 0 saturated heterocycles. The van der Waals surface area contributed by atoms with E-state index in [1.165, 1.54) is 0 Å². The van der Waals surface area contributed by atoms with E-state index in [1.54, 1.807) is 24.3 Å². The fourth-order valence-electron chi connectivity index (χ4n) is 1.07. The van der Waals surface area contributed by atoms with E-state index >= 15 is 0 Å². The molecule has 0 heterocycles. The minimum Gasteiger partial charge on any atom is -0.352 e. The molecule has 0 bridgehead atoms. The molecule has 0 aliphatic rings. The first kappa shape index (κ1) is 12.5. The molecule has 5 nitrogen and oxygen atoms in total. The van der Waals surface area contributed by atoms with Crippen molar-refractivity contribution in [2.24, 2.45) is 5.73 Å². The van der Waals surface area contributed by atoms with Gasteiger partial charge in [0.05, 0.1) is 0 Å². The molecule has 0 aliphatic carbocycles. The number of rotatable bonds is 4. The third-order valence-corrected chi connectivity index (χ3v) is 2.34. The average molecular weight is 286 g/mol.